The lowest BCUT2D eigenvalue weighted by Gasteiger charge is -2.36. The van der Waals surface area contributed by atoms with Gasteiger partial charge in [0.1, 0.15) is 11.9 Å². The molecule has 1 atom stereocenters. The second-order valence-corrected chi connectivity index (χ2v) is 5.39. The average molecular weight is 293 g/mol. The third-order valence-electron chi connectivity index (χ3n) is 3.22. The Bertz CT molecular complexity index is 506. The molecule has 116 valence electrons. The number of nitrogens with one attached hydrogen (secondary N) is 2. The number of carbonyl (C=O) groups excluding carboxylic acids is 1. The molecule has 1 aromatic rings. The lowest BCUT2D eigenvalue weighted by molar-refractivity contribution is -0.125. The fraction of sp³-hybridized carbons (Fsp3) is 0.643. The summed E-state index contributed by atoms with van der Waals surface area (Å²) < 4.78 is 5.46. The van der Waals surface area contributed by atoms with E-state index >= 15 is 0 Å². The normalized spacial score (nSPS) is 18.7. The molecule has 1 aromatic heterocycles. The van der Waals surface area contributed by atoms with Crippen molar-refractivity contribution in [1.29, 1.82) is 0 Å². The maximum absolute atomic E-state index is 12.3. The number of amides is 1. The van der Waals surface area contributed by atoms with Gasteiger partial charge in [0.25, 0.3) is 0 Å². The summed E-state index contributed by atoms with van der Waals surface area (Å²) in [6.07, 6.45) is 0. The fourth-order valence-electron chi connectivity index (χ4n) is 2.29. The van der Waals surface area contributed by atoms with E-state index in [1.807, 2.05) is 31.7 Å². The number of anilines is 2. The van der Waals surface area contributed by atoms with Crippen LogP contribution in [0.5, 0.6) is 0 Å². The van der Waals surface area contributed by atoms with Crippen LogP contribution in [-0.2, 0) is 9.53 Å². The fourth-order valence-corrected chi connectivity index (χ4v) is 2.29. The van der Waals surface area contributed by atoms with Crippen molar-refractivity contribution in [2.75, 3.05) is 37.0 Å². The first-order valence-electron chi connectivity index (χ1n) is 7.19. The van der Waals surface area contributed by atoms with E-state index in [0.29, 0.717) is 25.7 Å². The second kappa shape index (κ2) is 6.71. The summed E-state index contributed by atoms with van der Waals surface area (Å²) in [4.78, 5) is 23.1. The molecule has 0 aromatic carbocycles. The van der Waals surface area contributed by atoms with Gasteiger partial charge in [-0.05, 0) is 20.8 Å². The first-order valence-corrected chi connectivity index (χ1v) is 7.19. The third kappa shape index (κ3) is 3.81. The lowest BCUT2D eigenvalue weighted by atomic mass is 10.2. The van der Waals surface area contributed by atoms with Crippen LogP contribution in [0.3, 0.4) is 0 Å². The number of ether oxygens (including phenoxy) is 1. The van der Waals surface area contributed by atoms with Gasteiger partial charge in [0, 0.05) is 31.4 Å². The number of hydrogen-bond acceptors (Lipinski definition) is 6. The highest BCUT2D eigenvalue weighted by Gasteiger charge is 2.31. The number of nitrogens with zero attached hydrogens (tertiary/aromatic N) is 3. The third-order valence-corrected chi connectivity index (χ3v) is 3.22. The summed E-state index contributed by atoms with van der Waals surface area (Å²) >= 11 is 0. The Labute approximate surface area is 125 Å². The summed E-state index contributed by atoms with van der Waals surface area (Å²) in [7, 11) is 1.78. The first-order chi connectivity index (χ1) is 10.0. The van der Waals surface area contributed by atoms with Crippen molar-refractivity contribution in [1.82, 2.24) is 15.3 Å². The van der Waals surface area contributed by atoms with Gasteiger partial charge in [0.2, 0.25) is 11.9 Å². The van der Waals surface area contributed by atoms with E-state index in [0.717, 1.165) is 11.5 Å². The molecule has 1 fully saturated rings. The highest BCUT2D eigenvalue weighted by molar-refractivity contribution is 5.85. The van der Waals surface area contributed by atoms with E-state index in [1.54, 1.807) is 7.05 Å². The van der Waals surface area contributed by atoms with E-state index < -0.39 is 0 Å². The van der Waals surface area contributed by atoms with Crippen molar-refractivity contribution in [3.8, 4) is 0 Å². The van der Waals surface area contributed by atoms with E-state index in [9.17, 15) is 4.79 Å². The Kier molecular flexibility index (Phi) is 4.95. The van der Waals surface area contributed by atoms with Crippen LogP contribution < -0.4 is 15.5 Å². The topological polar surface area (TPSA) is 79.4 Å². The molecule has 0 radical (unpaired) electrons. The quantitative estimate of drug-likeness (QED) is 0.844. The van der Waals surface area contributed by atoms with Gasteiger partial charge >= 0.3 is 0 Å². The molecule has 0 aliphatic carbocycles. The highest BCUT2D eigenvalue weighted by Crippen LogP contribution is 2.20. The van der Waals surface area contributed by atoms with Crippen molar-refractivity contribution in [2.24, 2.45) is 0 Å². The molecule has 2 heterocycles. The van der Waals surface area contributed by atoms with E-state index in [2.05, 4.69) is 20.6 Å². The van der Waals surface area contributed by atoms with Crippen molar-refractivity contribution >= 4 is 17.7 Å². The van der Waals surface area contributed by atoms with Gasteiger partial charge in [-0.25, -0.2) is 4.98 Å². The van der Waals surface area contributed by atoms with E-state index in [4.69, 9.17) is 4.74 Å². The van der Waals surface area contributed by atoms with Crippen molar-refractivity contribution in [3.63, 3.8) is 0 Å². The predicted octanol–water partition coefficient (Wildman–Crippen LogP) is 0.557. The molecule has 1 saturated heterocycles. The summed E-state index contributed by atoms with van der Waals surface area (Å²) in [5, 5.41) is 5.88. The molecule has 0 spiro atoms. The van der Waals surface area contributed by atoms with Crippen LogP contribution in [0.15, 0.2) is 6.07 Å². The highest BCUT2D eigenvalue weighted by atomic mass is 16.5. The molecule has 2 N–H and O–H groups in total. The van der Waals surface area contributed by atoms with Gasteiger partial charge < -0.3 is 20.3 Å². The standard InChI is InChI=1S/C14H23N5O2/c1-9(2)16-13(20)11-8-21-6-5-19(11)12-7-10(3)17-14(15-4)18-12/h7,9,11H,5-6,8H2,1-4H3,(H,16,20)(H,15,17,18). The number of aryl methyl sites for hydroxylation is 1. The van der Waals surface area contributed by atoms with Gasteiger partial charge in [-0.3, -0.25) is 4.79 Å². The van der Waals surface area contributed by atoms with Gasteiger partial charge in [-0.1, -0.05) is 0 Å². The largest absolute Gasteiger partial charge is 0.377 e. The monoisotopic (exact) mass is 293 g/mol. The zero-order chi connectivity index (χ0) is 15.4. The van der Waals surface area contributed by atoms with Gasteiger partial charge in [0.15, 0.2) is 0 Å². The van der Waals surface area contributed by atoms with Crippen LogP contribution in [0.2, 0.25) is 0 Å². The Morgan fingerprint density at radius 2 is 2.24 bits per heavy atom. The number of hydrogen-bond donors (Lipinski definition) is 2. The Morgan fingerprint density at radius 3 is 2.90 bits per heavy atom. The summed E-state index contributed by atoms with van der Waals surface area (Å²) in [5.41, 5.74) is 0.860. The zero-order valence-corrected chi connectivity index (χ0v) is 13.0. The lowest BCUT2D eigenvalue weighted by Crippen LogP contribution is -2.55. The maximum Gasteiger partial charge on any atom is 0.245 e. The van der Waals surface area contributed by atoms with Crippen LogP contribution in [-0.4, -0.2) is 54.8 Å². The minimum atomic E-state index is -0.361. The first kappa shape index (κ1) is 15.5. The molecular weight excluding hydrogens is 270 g/mol. The number of carbonyl (C=O) groups is 1. The minimum Gasteiger partial charge on any atom is -0.377 e. The second-order valence-electron chi connectivity index (χ2n) is 5.39. The van der Waals surface area contributed by atoms with Crippen molar-refractivity contribution < 1.29 is 9.53 Å². The molecule has 21 heavy (non-hydrogen) atoms. The molecule has 1 aliphatic rings. The minimum absolute atomic E-state index is 0.0352. The Morgan fingerprint density at radius 1 is 1.48 bits per heavy atom. The molecule has 0 bridgehead atoms. The number of rotatable bonds is 4. The maximum atomic E-state index is 12.3. The molecule has 7 nitrogen and oxygen atoms in total. The van der Waals surface area contributed by atoms with Crippen LogP contribution in [0, 0.1) is 6.92 Å². The number of morpholine rings is 1. The van der Waals surface area contributed by atoms with Crippen LogP contribution >= 0.6 is 0 Å². The molecule has 0 saturated carbocycles. The van der Waals surface area contributed by atoms with E-state index in [-0.39, 0.29) is 18.0 Å². The summed E-state index contributed by atoms with van der Waals surface area (Å²) in [6, 6.07) is 1.63. The van der Waals surface area contributed by atoms with Gasteiger partial charge in [-0.2, -0.15) is 4.98 Å². The summed E-state index contributed by atoms with van der Waals surface area (Å²) in [6.45, 7) is 7.39. The van der Waals surface area contributed by atoms with Gasteiger partial charge in [0.05, 0.1) is 13.2 Å². The Hall–Kier alpha value is -1.89. The van der Waals surface area contributed by atoms with E-state index in [1.165, 1.54) is 0 Å². The van der Waals surface area contributed by atoms with Crippen LogP contribution in [0.4, 0.5) is 11.8 Å². The Balaban J connectivity index is 2.26. The molecule has 2 rings (SSSR count). The molecular formula is C14H23N5O2. The molecule has 7 heteroatoms. The van der Waals surface area contributed by atoms with Crippen LogP contribution in [0.1, 0.15) is 19.5 Å². The smallest absolute Gasteiger partial charge is 0.245 e. The van der Waals surface area contributed by atoms with Gasteiger partial charge in [-0.15, -0.1) is 0 Å². The predicted molar refractivity (Wildman–Crippen MR) is 81.5 cm³/mol. The van der Waals surface area contributed by atoms with Crippen LogP contribution in [0.25, 0.3) is 0 Å². The summed E-state index contributed by atoms with van der Waals surface area (Å²) in [5.74, 6) is 1.27. The SMILES string of the molecule is CNc1nc(C)cc(N2CCOCC2C(=O)NC(C)C)n1. The molecule has 1 aliphatic heterocycles. The molecule has 1 unspecified atom stereocenters. The van der Waals surface area contributed by atoms with Crippen molar-refractivity contribution in [3.05, 3.63) is 11.8 Å². The number of aromatic nitrogens is 2. The average Bonchev–Trinajstić information content (AvgIpc) is 2.45. The molecule has 1 amide bonds. The zero-order valence-electron chi connectivity index (χ0n) is 13.0. The van der Waals surface area contributed by atoms with Crippen molar-refractivity contribution in [2.45, 2.75) is 32.9 Å².